The monoisotopic (exact) mass is 663 g/mol. The fourth-order valence-corrected chi connectivity index (χ4v) is 7.51. The van der Waals surface area contributed by atoms with Gasteiger partial charge in [-0.15, -0.1) is 0 Å². The van der Waals surface area contributed by atoms with Crippen LogP contribution in [0.25, 0.3) is 76.9 Å². The van der Waals surface area contributed by atoms with E-state index in [4.69, 9.17) is 4.42 Å². The van der Waals surface area contributed by atoms with Gasteiger partial charge in [0, 0.05) is 33.9 Å². The zero-order valence-electron chi connectivity index (χ0n) is 28.4. The lowest BCUT2D eigenvalue weighted by molar-refractivity contribution is 0.669. The van der Waals surface area contributed by atoms with Gasteiger partial charge in [-0.3, -0.25) is 0 Å². The second-order valence-electron chi connectivity index (χ2n) is 13.4. The maximum absolute atomic E-state index is 6.34. The van der Waals surface area contributed by atoms with Crippen LogP contribution < -0.4 is 4.90 Å². The van der Waals surface area contributed by atoms with E-state index in [0.29, 0.717) is 0 Å². The molecule has 0 bridgehead atoms. The van der Waals surface area contributed by atoms with Gasteiger partial charge >= 0.3 is 0 Å². The Morgan fingerprint density at radius 1 is 0.269 bits per heavy atom. The molecule has 1 heterocycles. The predicted octanol–water partition coefficient (Wildman–Crippen LogP) is 14.4. The van der Waals surface area contributed by atoms with Gasteiger partial charge in [-0.25, -0.2) is 0 Å². The van der Waals surface area contributed by atoms with Crippen LogP contribution in [0.2, 0.25) is 0 Å². The third-order valence-electron chi connectivity index (χ3n) is 10.2. The standard InChI is InChI=1S/C50H33NO/c1-2-8-34(9-3-1)36-22-25-44(26-23-36)51(46-28-29-48-47-12-6-7-13-49(47)52-50(48)33-46)45-27-24-42-31-41(20-21-43(42)32-45)38-16-14-37(15-17-38)40-19-18-35-10-4-5-11-39(35)30-40/h1-33H. The quantitative estimate of drug-likeness (QED) is 0.176. The van der Waals surface area contributed by atoms with Gasteiger partial charge in [0.1, 0.15) is 11.2 Å². The van der Waals surface area contributed by atoms with E-state index >= 15 is 0 Å². The van der Waals surface area contributed by atoms with Gasteiger partial charge in [-0.2, -0.15) is 0 Å². The molecule has 0 saturated carbocycles. The lowest BCUT2D eigenvalue weighted by atomic mass is 9.97. The second-order valence-corrected chi connectivity index (χ2v) is 13.4. The molecule has 0 saturated heterocycles. The molecule has 10 aromatic rings. The topological polar surface area (TPSA) is 16.4 Å². The Morgan fingerprint density at radius 2 is 0.731 bits per heavy atom. The van der Waals surface area contributed by atoms with E-state index in [1.807, 2.05) is 12.1 Å². The SMILES string of the molecule is c1ccc(-c2ccc(N(c3ccc4cc(-c5ccc(-c6ccc7ccccc7c6)cc5)ccc4c3)c3ccc4c(c3)oc3ccccc34)cc2)cc1. The number of hydrogen-bond donors (Lipinski definition) is 0. The summed E-state index contributed by atoms with van der Waals surface area (Å²) in [5, 5.41) is 7.16. The summed E-state index contributed by atoms with van der Waals surface area (Å²) < 4.78 is 6.34. The molecular weight excluding hydrogens is 631 g/mol. The maximum Gasteiger partial charge on any atom is 0.137 e. The highest BCUT2D eigenvalue weighted by Gasteiger charge is 2.16. The molecular formula is C50H33NO. The fraction of sp³-hybridized carbons (Fsp3) is 0. The number of benzene rings is 9. The van der Waals surface area contributed by atoms with Crippen LogP contribution in [0, 0.1) is 0 Å². The summed E-state index contributed by atoms with van der Waals surface area (Å²) in [6.45, 7) is 0. The third kappa shape index (κ3) is 5.39. The highest BCUT2D eigenvalue weighted by molar-refractivity contribution is 6.06. The third-order valence-corrected chi connectivity index (χ3v) is 10.2. The average molecular weight is 664 g/mol. The smallest absolute Gasteiger partial charge is 0.137 e. The largest absolute Gasteiger partial charge is 0.456 e. The van der Waals surface area contributed by atoms with E-state index in [2.05, 4.69) is 193 Å². The average Bonchev–Trinajstić information content (AvgIpc) is 3.59. The van der Waals surface area contributed by atoms with Crippen molar-refractivity contribution in [1.29, 1.82) is 0 Å². The van der Waals surface area contributed by atoms with E-state index in [0.717, 1.165) is 39.0 Å². The van der Waals surface area contributed by atoms with Crippen molar-refractivity contribution in [3.05, 3.63) is 200 Å². The van der Waals surface area contributed by atoms with Gasteiger partial charge in [0.2, 0.25) is 0 Å². The van der Waals surface area contributed by atoms with E-state index in [9.17, 15) is 0 Å². The summed E-state index contributed by atoms with van der Waals surface area (Å²) in [6.07, 6.45) is 0. The van der Waals surface area contributed by atoms with Gasteiger partial charge in [0.15, 0.2) is 0 Å². The maximum atomic E-state index is 6.34. The lowest BCUT2D eigenvalue weighted by Gasteiger charge is -2.26. The first kappa shape index (κ1) is 30.0. The molecule has 10 rings (SSSR count). The molecule has 0 spiro atoms. The Kier molecular flexibility index (Phi) is 7.18. The zero-order valence-corrected chi connectivity index (χ0v) is 28.4. The van der Waals surface area contributed by atoms with Crippen LogP contribution in [0.3, 0.4) is 0 Å². The van der Waals surface area contributed by atoms with E-state index in [1.54, 1.807) is 0 Å². The Bertz CT molecular complexity index is 2890. The molecule has 244 valence electrons. The van der Waals surface area contributed by atoms with Gasteiger partial charge in [-0.05, 0) is 110 Å². The van der Waals surface area contributed by atoms with Gasteiger partial charge in [0.25, 0.3) is 0 Å². The Balaban J connectivity index is 1.01. The minimum Gasteiger partial charge on any atom is -0.456 e. The van der Waals surface area contributed by atoms with Gasteiger partial charge < -0.3 is 9.32 Å². The van der Waals surface area contributed by atoms with Crippen molar-refractivity contribution in [2.45, 2.75) is 0 Å². The number of fused-ring (bicyclic) bond motifs is 5. The second kappa shape index (κ2) is 12.5. The van der Waals surface area contributed by atoms with Crippen molar-refractivity contribution >= 4 is 60.5 Å². The minimum absolute atomic E-state index is 0.877. The van der Waals surface area contributed by atoms with Crippen molar-refractivity contribution < 1.29 is 4.42 Å². The van der Waals surface area contributed by atoms with Gasteiger partial charge in [0.05, 0.1) is 0 Å². The molecule has 0 atom stereocenters. The molecule has 0 amide bonds. The van der Waals surface area contributed by atoms with E-state index in [1.165, 1.54) is 54.9 Å². The van der Waals surface area contributed by atoms with Crippen molar-refractivity contribution in [2.75, 3.05) is 4.90 Å². The van der Waals surface area contributed by atoms with E-state index < -0.39 is 0 Å². The predicted molar refractivity (Wildman–Crippen MR) is 220 cm³/mol. The summed E-state index contributed by atoms with van der Waals surface area (Å²) in [5.41, 5.74) is 12.2. The molecule has 0 aliphatic rings. The van der Waals surface area contributed by atoms with Crippen molar-refractivity contribution in [3.63, 3.8) is 0 Å². The van der Waals surface area contributed by atoms with Crippen LogP contribution in [0.15, 0.2) is 205 Å². The Hall–Kier alpha value is -6.90. The first-order valence-electron chi connectivity index (χ1n) is 17.7. The van der Waals surface area contributed by atoms with Crippen LogP contribution in [0.1, 0.15) is 0 Å². The Morgan fingerprint density at radius 3 is 1.50 bits per heavy atom. The fourth-order valence-electron chi connectivity index (χ4n) is 7.51. The lowest BCUT2D eigenvalue weighted by Crippen LogP contribution is -2.09. The summed E-state index contributed by atoms with van der Waals surface area (Å²) in [5.74, 6) is 0. The highest BCUT2D eigenvalue weighted by atomic mass is 16.3. The molecule has 0 fully saturated rings. The Labute approximate surface area is 302 Å². The minimum atomic E-state index is 0.877. The van der Waals surface area contributed by atoms with Crippen LogP contribution >= 0.6 is 0 Å². The molecule has 1 aromatic heterocycles. The molecule has 52 heavy (non-hydrogen) atoms. The van der Waals surface area contributed by atoms with Crippen LogP contribution in [-0.2, 0) is 0 Å². The number of hydrogen-bond acceptors (Lipinski definition) is 2. The number of furan rings is 1. The first-order chi connectivity index (χ1) is 25.7. The zero-order chi connectivity index (χ0) is 34.4. The molecule has 0 N–H and O–H groups in total. The highest BCUT2D eigenvalue weighted by Crippen LogP contribution is 2.40. The number of para-hydroxylation sites is 1. The number of rotatable bonds is 6. The normalized spacial score (nSPS) is 11.5. The molecule has 9 aromatic carbocycles. The van der Waals surface area contributed by atoms with Gasteiger partial charge in [-0.1, -0.05) is 140 Å². The number of anilines is 3. The first-order valence-corrected chi connectivity index (χ1v) is 17.7. The molecule has 2 nitrogen and oxygen atoms in total. The molecule has 0 radical (unpaired) electrons. The van der Waals surface area contributed by atoms with Crippen molar-refractivity contribution in [1.82, 2.24) is 0 Å². The number of nitrogens with zero attached hydrogens (tertiary/aromatic N) is 1. The molecule has 2 heteroatoms. The van der Waals surface area contributed by atoms with Crippen molar-refractivity contribution in [2.24, 2.45) is 0 Å². The molecule has 0 aliphatic heterocycles. The summed E-state index contributed by atoms with van der Waals surface area (Å²) in [7, 11) is 0. The van der Waals surface area contributed by atoms with Crippen LogP contribution in [0.4, 0.5) is 17.1 Å². The van der Waals surface area contributed by atoms with Crippen molar-refractivity contribution in [3.8, 4) is 33.4 Å². The summed E-state index contributed by atoms with van der Waals surface area (Å²) >= 11 is 0. The summed E-state index contributed by atoms with van der Waals surface area (Å²) in [6, 6.07) is 71.8. The van der Waals surface area contributed by atoms with Crippen LogP contribution in [-0.4, -0.2) is 0 Å². The summed E-state index contributed by atoms with van der Waals surface area (Å²) in [4.78, 5) is 2.32. The molecule has 0 unspecified atom stereocenters. The van der Waals surface area contributed by atoms with Crippen LogP contribution in [0.5, 0.6) is 0 Å². The molecule has 0 aliphatic carbocycles. The van der Waals surface area contributed by atoms with E-state index in [-0.39, 0.29) is 0 Å².